The van der Waals surface area contributed by atoms with Crippen molar-refractivity contribution in [3.05, 3.63) is 0 Å². The summed E-state index contributed by atoms with van der Waals surface area (Å²) in [4.78, 5) is 0. The van der Waals surface area contributed by atoms with Crippen LogP contribution in [0.5, 0.6) is 0 Å². The molecule has 0 rings (SSSR count). The van der Waals surface area contributed by atoms with Crippen molar-refractivity contribution < 1.29 is 90.6 Å². The van der Waals surface area contributed by atoms with Crippen molar-refractivity contribution in [3.63, 3.8) is 0 Å². The quantitative estimate of drug-likeness (QED) is 0.465. The van der Waals surface area contributed by atoms with Crippen LogP contribution in [0.1, 0.15) is 1.43 Å². The van der Waals surface area contributed by atoms with Gasteiger partial charge in [-0.2, -0.15) is 0 Å². The zero-order chi connectivity index (χ0) is 3.58. The summed E-state index contributed by atoms with van der Waals surface area (Å²) >= 11 is -4.44. The molecule has 0 radical (unpaired) electrons. The molecule has 0 aliphatic heterocycles. The van der Waals surface area contributed by atoms with E-state index in [2.05, 4.69) is 0 Å². The van der Waals surface area contributed by atoms with Gasteiger partial charge < -0.3 is 1.43 Å². The van der Waals surface area contributed by atoms with Gasteiger partial charge in [0.1, 0.15) is 0 Å². The van der Waals surface area contributed by atoms with Crippen LogP contribution in [0.25, 0.3) is 0 Å². The average molecular weight is 272 g/mol. The van der Waals surface area contributed by atoms with E-state index < -0.39 is 33.4 Å². The summed E-state index contributed by atoms with van der Waals surface area (Å²) in [5.41, 5.74) is 0. The Kier molecular flexibility index (Phi) is 14.1. The minimum atomic E-state index is -4.44. The van der Waals surface area contributed by atoms with E-state index in [4.69, 9.17) is 0 Å². The molecule has 0 spiro atoms. The van der Waals surface area contributed by atoms with Gasteiger partial charge in [0.25, 0.3) is 0 Å². The van der Waals surface area contributed by atoms with E-state index in [1.54, 1.807) is 0 Å². The second-order valence-corrected chi connectivity index (χ2v) is 0.821. The summed E-state index contributed by atoms with van der Waals surface area (Å²) in [6.07, 6.45) is 0. The molecule has 0 aromatic carbocycles. The maximum atomic E-state index is 9.78. The molecule has 38 valence electrons. The second-order valence-electron chi connectivity index (χ2n) is 0.111. The number of halogens is 3. The first-order valence-electron chi connectivity index (χ1n) is 0.293. The molecule has 0 saturated carbocycles. The normalized spacial score (nSPS) is 9.00. The second kappa shape index (κ2) is 6.66. The Morgan fingerprint density at radius 2 is 1.20 bits per heavy atom. The Balaban J connectivity index is -0.0000000450. The maximum Gasteiger partial charge on any atom is 1.00 e. The first-order valence-corrected chi connectivity index (χ1v) is 2.17. The first kappa shape index (κ1) is 10.6. The molecule has 0 bridgehead atoms. The van der Waals surface area contributed by atoms with Crippen LogP contribution in [0.15, 0.2) is 0 Å². The standard InChI is InChI=1S/3FH.K.Lu.H/h3*1H;;;/q;;;+1;+3;-1/p-3. The summed E-state index contributed by atoms with van der Waals surface area (Å²) in [5, 5.41) is 0. The van der Waals surface area contributed by atoms with E-state index in [-0.39, 0.29) is 52.8 Å². The van der Waals surface area contributed by atoms with Gasteiger partial charge in [-0.3, -0.25) is 0 Å². The van der Waals surface area contributed by atoms with Crippen molar-refractivity contribution in [1.82, 2.24) is 0 Å². The molecule has 0 fully saturated rings. The molecule has 0 aromatic heterocycles. The molecule has 0 aliphatic rings. The number of hydrogen-bond acceptors (Lipinski definition) is 0. The molecule has 0 atom stereocenters. The predicted octanol–water partition coefficient (Wildman–Crippen LogP) is -1.62. The monoisotopic (exact) mass is 272 g/mol. The van der Waals surface area contributed by atoms with Gasteiger partial charge in [-0.25, -0.2) is 0 Å². The molecule has 5 heavy (non-hydrogen) atoms. The maximum absolute atomic E-state index is 9.78. The third-order valence-electron chi connectivity index (χ3n) is 0. The van der Waals surface area contributed by atoms with Crippen molar-refractivity contribution in [1.29, 1.82) is 0 Å². The SMILES string of the molecule is [F][Lu]([F])[F].[H-].[K+]. The van der Waals surface area contributed by atoms with E-state index in [1.165, 1.54) is 0 Å². The molecule has 0 heterocycles. The Morgan fingerprint density at radius 1 is 1.20 bits per heavy atom. The van der Waals surface area contributed by atoms with Crippen LogP contribution in [0.2, 0.25) is 0 Å². The Hall–Kier alpha value is 2.66. The molecule has 0 N–H and O–H groups in total. The molecule has 0 aliphatic carbocycles. The van der Waals surface area contributed by atoms with Gasteiger partial charge >= 0.3 is 89.2 Å². The van der Waals surface area contributed by atoms with Gasteiger partial charge in [0.2, 0.25) is 0 Å². The van der Waals surface area contributed by atoms with Crippen LogP contribution < -0.4 is 51.4 Å². The van der Waals surface area contributed by atoms with Crippen molar-refractivity contribution >= 4 is 0 Å². The number of hydrogen-bond donors (Lipinski definition) is 0. The van der Waals surface area contributed by atoms with Crippen LogP contribution in [-0.4, -0.2) is 0 Å². The predicted molar refractivity (Wildman–Crippen MR) is 4.44 cm³/mol. The van der Waals surface area contributed by atoms with Gasteiger partial charge in [0.05, 0.1) is 0 Å². The van der Waals surface area contributed by atoms with Crippen LogP contribution in [-0.2, 0) is 0 Å². The van der Waals surface area contributed by atoms with E-state index in [1.807, 2.05) is 0 Å². The van der Waals surface area contributed by atoms with Crippen LogP contribution in [0.3, 0.4) is 0 Å². The van der Waals surface area contributed by atoms with E-state index in [0.29, 0.717) is 0 Å². The smallest absolute Gasteiger partial charge is 1.00 e. The van der Waals surface area contributed by atoms with Gasteiger partial charge in [-0.1, -0.05) is 0 Å². The molecule has 0 amide bonds. The fraction of sp³-hybridized carbons (Fsp3) is 0. The number of rotatable bonds is 0. The van der Waals surface area contributed by atoms with E-state index in [0.717, 1.165) is 0 Å². The van der Waals surface area contributed by atoms with E-state index >= 15 is 0 Å². The summed E-state index contributed by atoms with van der Waals surface area (Å²) < 4.78 is 29.3. The van der Waals surface area contributed by atoms with Gasteiger partial charge in [0.15, 0.2) is 0 Å². The van der Waals surface area contributed by atoms with Crippen molar-refractivity contribution in [3.8, 4) is 0 Å². The van der Waals surface area contributed by atoms with Crippen LogP contribution >= 0.6 is 0 Å². The van der Waals surface area contributed by atoms with Crippen molar-refractivity contribution in [2.45, 2.75) is 0 Å². The third-order valence-corrected chi connectivity index (χ3v) is 0. The van der Waals surface area contributed by atoms with Crippen molar-refractivity contribution in [2.75, 3.05) is 0 Å². The molecule has 5 heteroatoms. The van der Waals surface area contributed by atoms with Crippen LogP contribution in [0.4, 0.5) is 4.39 Å². The molecular formula is HF3KLu. The van der Waals surface area contributed by atoms with Crippen molar-refractivity contribution in [2.24, 2.45) is 0 Å². The Morgan fingerprint density at radius 3 is 1.20 bits per heavy atom. The molecular weight excluding hydrogens is 271 g/mol. The fourth-order valence-corrected chi connectivity index (χ4v) is 0. The Labute approximate surface area is 88.1 Å². The average Bonchev–Trinajstić information content (AvgIpc) is 0.811. The summed E-state index contributed by atoms with van der Waals surface area (Å²) in [6, 6.07) is 0. The fourth-order valence-electron chi connectivity index (χ4n) is 0. The first-order chi connectivity index (χ1) is 1.73. The summed E-state index contributed by atoms with van der Waals surface area (Å²) in [7, 11) is 0. The minimum Gasteiger partial charge on any atom is -1.00 e. The molecule has 0 saturated heterocycles. The van der Waals surface area contributed by atoms with Gasteiger partial charge in [0, 0.05) is 0 Å². The topological polar surface area (TPSA) is 0 Å². The van der Waals surface area contributed by atoms with Gasteiger partial charge in [-0.15, -0.1) is 0 Å². The molecule has 0 aromatic rings. The van der Waals surface area contributed by atoms with Crippen LogP contribution in [0, 0.1) is 33.4 Å². The van der Waals surface area contributed by atoms with Gasteiger partial charge in [-0.05, 0) is 0 Å². The molecule has 0 nitrogen and oxygen atoms in total. The summed E-state index contributed by atoms with van der Waals surface area (Å²) in [6.45, 7) is 0. The Bertz CT molecular complexity index is 15.5. The molecule has 0 unspecified atom stereocenters. The largest absolute Gasteiger partial charge is 1.00 e. The minimum absolute atomic E-state index is 0. The zero-order valence-corrected chi connectivity index (χ0v) is 7.17. The summed E-state index contributed by atoms with van der Waals surface area (Å²) in [5.74, 6) is 0. The van der Waals surface area contributed by atoms with E-state index in [9.17, 15) is 4.39 Å². The zero-order valence-electron chi connectivity index (χ0n) is 3.39. The third kappa shape index (κ3) is 20.4.